The minimum atomic E-state index is -2.04. The van der Waals surface area contributed by atoms with Crippen LogP contribution in [0.1, 0.15) is 119 Å². The van der Waals surface area contributed by atoms with Crippen molar-refractivity contribution in [2.45, 2.75) is 193 Å². The van der Waals surface area contributed by atoms with Crippen LogP contribution in [-0.2, 0) is 24.5 Å². The van der Waals surface area contributed by atoms with Crippen molar-refractivity contribution in [1.29, 1.82) is 0 Å². The van der Waals surface area contributed by atoms with E-state index in [1.54, 1.807) is 0 Å². The Morgan fingerprint density at radius 3 is 1.78 bits per heavy atom. The highest BCUT2D eigenvalue weighted by Gasteiger charge is 2.51. The van der Waals surface area contributed by atoms with Crippen molar-refractivity contribution in [1.82, 2.24) is 0 Å². The highest BCUT2D eigenvalue weighted by Crippen LogP contribution is 2.49. The quantitative estimate of drug-likeness (QED) is 0.0648. The predicted molar refractivity (Wildman–Crippen MR) is 220 cm³/mol. The van der Waals surface area contributed by atoms with Crippen LogP contribution in [0.15, 0.2) is 42.5 Å². The Hall–Kier alpha value is -0.549. The number of rotatable bonds is 18. The van der Waals surface area contributed by atoms with Gasteiger partial charge in [-0.1, -0.05) is 105 Å². The lowest BCUT2D eigenvalue weighted by Gasteiger charge is -2.41. The summed E-state index contributed by atoms with van der Waals surface area (Å²) < 4.78 is 22.0. The van der Waals surface area contributed by atoms with Gasteiger partial charge < -0.3 is 13.3 Å². The third kappa shape index (κ3) is 13.7. The summed E-state index contributed by atoms with van der Waals surface area (Å²) >= 11 is 5.62. The molecule has 5 atom stereocenters. The summed E-state index contributed by atoms with van der Waals surface area (Å²) in [5, 5.41) is 0.173. The van der Waals surface area contributed by atoms with Gasteiger partial charge in [0.25, 0.3) is 0 Å². The van der Waals surface area contributed by atoms with Gasteiger partial charge in [-0.3, -0.25) is 4.79 Å². The Labute approximate surface area is 311 Å². The second-order valence-corrected chi connectivity index (χ2v) is 34.1. The molecule has 0 radical (unpaired) electrons. The fraction of sp³-hybridized carbons (Fsp3) is 0.780. The number of hydrogen-bond donors (Lipinski definition) is 0. The molecule has 8 heteroatoms. The highest BCUT2D eigenvalue weighted by molar-refractivity contribution is 6.75. The van der Waals surface area contributed by atoms with Crippen LogP contribution in [0.2, 0.25) is 54.4 Å². The smallest absolute Gasteiger partial charge is 0.221 e. The molecule has 0 aliphatic heterocycles. The van der Waals surface area contributed by atoms with Gasteiger partial charge in [0.15, 0.2) is 25.0 Å². The first-order valence-electron chi connectivity index (χ1n) is 19.2. The van der Waals surface area contributed by atoms with E-state index in [1.165, 1.54) is 5.56 Å². The van der Waals surface area contributed by atoms with Crippen molar-refractivity contribution in [3.05, 3.63) is 48.0 Å². The Morgan fingerprint density at radius 1 is 0.776 bits per heavy atom. The Kier molecular flexibility index (Phi) is 16.4. The molecule has 282 valence electrons. The van der Waals surface area contributed by atoms with Crippen LogP contribution in [0, 0.1) is 11.8 Å². The van der Waals surface area contributed by atoms with Gasteiger partial charge in [0.2, 0.25) is 5.24 Å². The first kappa shape index (κ1) is 44.6. The van der Waals surface area contributed by atoms with Gasteiger partial charge in [0.1, 0.15) is 0 Å². The van der Waals surface area contributed by atoms with Crippen LogP contribution in [-0.4, -0.2) is 48.5 Å². The predicted octanol–water partition coefficient (Wildman–Crippen LogP) is 13.1. The van der Waals surface area contributed by atoms with Crippen LogP contribution in [0.5, 0.6) is 0 Å². The van der Waals surface area contributed by atoms with Gasteiger partial charge >= 0.3 is 0 Å². The number of hydrogen-bond acceptors (Lipinski definition) is 4. The van der Waals surface area contributed by atoms with E-state index in [1.807, 2.05) is 0 Å². The molecule has 49 heavy (non-hydrogen) atoms. The zero-order chi connectivity index (χ0) is 37.5. The number of carbonyl (C=O) groups excluding carboxylic acids is 1. The normalized spacial score (nSPS) is 22.2. The Morgan fingerprint density at radius 2 is 1.29 bits per heavy atom. The highest BCUT2D eigenvalue weighted by atomic mass is 35.5. The summed E-state index contributed by atoms with van der Waals surface area (Å²) in [6, 6.07) is 10.9. The SMILES string of the molecule is CC(C)(C)[Si](C)(C)OC(CCc1ccccc1)CC[C@H]1C(O[Si](C)(C)C(C)(C)C)CC(O[Si](C)(C)C(C)(C)C)[C@@H]1C/C=C\CCCC(=O)Cl. The molecule has 1 aromatic rings. The van der Waals surface area contributed by atoms with Crippen LogP contribution >= 0.6 is 11.6 Å². The average Bonchev–Trinajstić information content (AvgIpc) is 3.24. The van der Waals surface area contributed by atoms with Crippen molar-refractivity contribution >= 4 is 41.8 Å². The standard InChI is InChI=1S/C41H75ClO4Si3/c1-39(2,3)47(10,11)44-33(28-27-32-23-19-18-20-24-32)29-30-35-34(25-21-16-17-22-26-38(42)43)36(45-48(12,13)40(4,5)6)31-37(35)46-49(14,15)41(7,8)9/h16,18-21,23-24,33-37H,17,22,25-31H2,1-15H3/b21-16-/t33?,34-,35-,36?,37?/m1/s1. The maximum absolute atomic E-state index is 11.3. The van der Waals surface area contributed by atoms with Crippen molar-refractivity contribution < 1.29 is 18.1 Å². The maximum atomic E-state index is 11.3. The summed E-state index contributed by atoms with van der Waals surface area (Å²) in [6.07, 6.45) is 13.3. The maximum Gasteiger partial charge on any atom is 0.221 e. The van der Waals surface area contributed by atoms with Gasteiger partial charge in [-0.05, 0) is 135 Å². The molecule has 0 spiro atoms. The zero-order valence-electron chi connectivity index (χ0n) is 34.3. The van der Waals surface area contributed by atoms with Gasteiger partial charge in [-0.2, -0.15) is 0 Å². The van der Waals surface area contributed by atoms with E-state index in [9.17, 15) is 4.79 Å². The fourth-order valence-corrected chi connectivity index (χ4v) is 10.5. The average molecular weight is 752 g/mol. The van der Waals surface area contributed by atoms with Crippen LogP contribution in [0.3, 0.4) is 0 Å². The monoisotopic (exact) mass is 750 g/mol. The van der Waals surface area contributed by atoms with E-state index < -0.39 is 25.0 Å². The van der Waals surface area contributed by atoms with Gasteiger partial charge in [-0.25, -0.2) is 0 Å². The summed E-state index contributed by atoms with van der Waals surface area (Å²) in [5.41, 5.74) is 1.38. The van der Waals surface area contributed by atoms with E-state index in [0.29, 0.717) is 18.3 Å². The third-order valence-electron chi connectivity index (χ3n) is 12.5. The lowest BCUT2D eigenvalue weighted by molar-refractivity contribution is -0.111. The number of carbonyl (C=O) groups is 1. The number of allylic oxidation sites excluding steroid dienone is 2. The number of benzene rings is 1. The summed E-state index contributed by atoms with van der Waals surface area (Å²) in [6.45, 7) is 35.5. The van der Waals surface area contributed by atoms with E-state index in [4.69, 9.17) is 24.9 Å². The van der Waals surface area contributed by atoms with Gasteiger partial charge in [0, 0.05) is 12.5 Å². The van der Waals surface area contributed by atoms with Crippen molar-refractivity contribution in [2.24, 2.45) is 11.8 Å². The molecular formula is C41H75ClO4Si3. The van der Waals surface area contributed by atoms with E-state index in [-0.39, 0.29) is 38.7 Å². The summed E-state index contributed by atoms with van der Waals surface area (Å²) in [7, 11) is -6.04. The van der Waals surface area contributed by atoms with Gasteiger partial charge in [-0.15, -0.1) is 0 Å². The number of halogens is 1. The molecule has 3 unspecified atom stereocenters. The first-order chi connectivity index (χ1) is 22.3. The molecule has 0 saturated heterocycles. The molecule has 2 rings (SSSR count). The molecule has 4 nitrogen and oxygen atoms in total. The molecule has 1 aliphatic carbocycles. The second-order valence-electron chi connectivity index (χ2n) is 19.5. The van der Waals surface area contributed by atoms with Crippen LogP contribution < -0.4 is 0 Å². The molecule has 0 aromatic heterocycles. The Bertz CT molecular complexity index is 1180. The lowest BCUT2D eigenvalue weighted by Crippen LogP contribution is -2.45. The Balaban J connectivity index is 2.49. The fourth-order valence-electron chi connectivity index (χ4n) is 6.17. The summed E-state index contributed by atoms with van der Waals surface area (Å²) in [4.78, 5) is 11.3. The lowest BCUT2D eigenvalue weighted by atomic mass is 9.85. The van der Waals surface area contributed by atoms with E-state index in [0.717, 1.165) is 51.4 Å². The number of aryl methyl sites for hydroxylation is 1. The molecule has 0 N–H and O–H groups in total. The molecular weight excluding hydrogens is 676 g/mol. The minimum absolute atomic E-state index is 0.134. The molecule has 0 amide bonds. The largest absolute Gasteiger partial charge is 0.414 e. The second kappa shape index (κ2) is 18.0. The van der Waals surface area contributed by atoms with Crippen molar-refractivity contribution in [3.63, 3.8) is 0 Å². The minimum Gasteiger partial charge on any atom is -0.414 e. The van der Waals surface area contributed by atoms with E-state index in [2.05, 4.69) is 144 Å². The molecule has 1 fully saturated rings. The zero-order valence-corrected chi connectivity index (χ0v) is 38.1. The topological polar surface area (TPSA) is 44.8 Å². The molecule has 1 aromatic carbocycles. The molecule has 1 aliphatic rings. The first-order valence-corrected chi connectivity index (χ1v) is 28.3. The van der Waals surface area contributed by atoms with Crippen molar-refractivity contribution in [3.8, 4) is 0 Å². The third-order valence-corrected chi connectivity index (χ3v) is 26.2. The van der Waals surface area contributed by atoms with Gasteiger partial charge in [0.05, 0.1) is 12.2 Å². The molecule has 1 saturated carbocycles. The van der Waals surface area contributed by atoms with Crippen LogP contribution in [0.25, 0.3) is 0 Å². The van der Waals surface area contributed by atoms with Crippen molar-refractivity contribution in [2.75, 3.05) is 0 Å². The van der Waals surface area contributed by atoms with E-state index >= 15 is 0 Å². The van der Waals surface area contributed by atoms with Crippen LogP contribution in [0.4, 0.5) is 0 Å². The molecule has 0 bridgehead atoms. The molecule has 0 heterocycles. The number of unbranched alkanes of at least 4 members (excludes halogenated alkanes) is 1. The summed E-state index contributed by atoms with van der Waals surface area (Å²) in [5.74, 6) is 0.762.